The number of aromatic nitrogens is 2. The van der Waals surface area contributed by atoms with Crippen molar-refractivity contribution in [2.24, 2.45) is 5.92 Å². The van der Waals surface area contributed by atoms with Gasteiger partial charge < -0.3 is 10.6 Å². The fourth-order valence-corrected chi connectivity index (χ4v) is 2.82. The van der Waals surface area contributed by atoms with Gasteiger partial charge in [-0.1, -0.05) is 19.3 Å². The molecule has 5 nitrogen and oxygen atoms in total. The van der Waals surface area contributed by atoms with Crippen molar-refractivity contribution in [1.82, 2.24) is 15.5 Å². The third kappa shape index (κ3) is 3.10. The van der Waals surface area contributed by atoms with E-state index in [1.165, 1.54) is 32.1 Å². The minimum absolute atomic E-state index is 0.126. The van der Waals surface area contributed by atoms with E-state index in [1.807, 2.05) is 18.2 Å². The number of aromatic amines is 1. The number of urea groups is 1. The first-order valence-corrected chi connectivity index (χ1v) is 7.29. The number of carbonyl (C=O) groups is 1. The average molecular weight is 272 g/mol. The highest BCUT2D eigenvalue weighted by Crippen LogP contribution is 2.22. The lowest BCUT2D eigenvalue weighted by atomic mass is 9.89. The minimum atomic E-state index is -0.126. The van der Waals surface area contributed by atoms with Crippen molar-refractivity contribution in [3.8, 4) is 0 Å². The lowest BCUT2D eigenvalue weighted by molar-refractivity contribution is 0.247. The molecule has 0 radical (unpaired) electrons. The molecule has 0 atom stereocenters. The van der Waals surface area contributed by atoms with Crippen LogP contribution in [0.2, 0.25) is 0 Å². The van der Waals surface area contributed by atoms with Crippen molar-refractivity contribution in [2.75, 3.05) is 11.9 Å². The first-order valence-electron chi connectivity index (χ1n) is 7.29. The zero-order chi connectivity index (χ0) is 13.8. The molecule has 1 aliphatic carbocycles. The molecule has 1 aromatic carbocycles. The van der Waals surface area contributed by atoms with E-state index in [4.69, 9.17) is 0 Å². The Morgan fingerprint density at radius 1 is 1.30 bits per heavy atom. The maximum atomic E-state index is 11.9. The predicted octanol–water partition coefficient (Wildman–Crippen LogP) is 3.26. The molecule has 1 heterocycles. The number of nitrogens with zero attached hydrogens (tertiary/aromatic N) is 1. The van der Waals surface area contributed by atoms with Crippen LogP contribution in [0.3, 0.4) is 0 Å². The average Bonchev–Trinajstić information content (AvgIpc) is 2.94. The van der Waals surface area contributed by atoms with Gasteiger partial charge in [0.25, 0.3) is 0 Å². The van der Waals surface area contributed by atoms with Gasteiger partial charge in [-0.2, -0.15) is 5.10 Å². The number of rotatable bonds is 3. The van der Waals surface area contributed by atoms with Crippen LogP contribution in [0.5, 0.6) is 0 Å². The number of fused-ring (bicyclic) bond motifs is 1. The zero-order valence-corrected chi connectivity index (χ0v) is 11.5. The van der Waals surface area contributed by atoms with Crippen molar-refractivity contribution in [1.29, 1.82) is 0 Å². The summed E-state index contributed by atoms with van der Waals surface area (Å²) < 4.78 is 0. The van der Waals surface area contributed by atoms with Gasteiger partial charge in [0.1, 0.15) is 0 Å². The normalized spacial score (nSPS) is 16.2. The van der Waals surface area contributed by atoms with Crippen molar-refractivity contribution >= 4 is 22.6 Å². The molecular formula is C15H20N4O. The second-order valence-corrected chi connectivity index (χ2v) is 5.51. The van der Waals surface area contributed by atoms with Crippen LogP contribution in [0.4, 0.5) is 10.5 Å². The van der Waals surface area contributed by atoms with Crippen molar-refractivity contribution in [2.45, 2.75) is 32.1 Å². The van der Waals surface area contributed by atoms with Crippen LogP contribution in [0.1, 0.15) is 32.1 Å². The van der Waals surface area contributed by atoms with Gasteiger partial charge in [-0.3, -0.25) is 5.10 Å². The predicted molar refractivity (Wildman–Crippen MR) is 79.7 cm³/mol. The Balaban J connectivity index is 1.52. The summed E-state index contributed by atoms with van der Waals surface area (Å²) in [5.74, 6) is 0.644. The van der Waals surface area contributed by atoms with Crippen molar-refractivity contribution in [3.05, 3.63) is 24.4 Å². The molecule has 0 spiro atoms. The van der Waals surface area contributed by atoms with E-state index in [2.05, 4.69) is 20.8 Å². The number of hydrogen-bond acceptors (Lipinski definition) is 2. The van der Waals surface area contributed by atoms with Crippen LogP contribution in [0, 0.1) is 5.92 Å². The number of anilines is 1. The number of hydrogen-bond donors (Lipinski definition) is 3. The molecule has 0 aliphatic heterocycles. The second kappa shape index (κ2) is 5.94. The minimum Gasteiger partial charge on any atom is -0.338 e. The molecule has 1 aliphatic rings. The summed E-state index contributed by atoms with van der Waals surface area (Å²) in [6.45, 7) is 0.778. The van der Waals surface area contributed by atoms with E-state index in [-0.39, 0.29) is 6.03 Å². The molecule has 0 saturated heterocycles. The van der Waals surface area contributed by atoms with Gasteiger partial charge in [0.15, 0.2) is 0 Å². The lowest BCUT2D eigenvalue weighted by Crippen LogP contribution is -2.33. The summed E-state index contributed by atoms with van der Waals surface area (Å²) in [6.07, 6.45) is 8.16. The summed E-state index contributed by atoms with van der Waals surface area (Å²) in [5.41, 5.74) is 1.76. The highest BCUT2D eigenvalue weighted by molar-refractivity contribution is 5.92. The molecular weight excluding hydrogens is 252 g/mol. The molecule has 5 heteroatoms. The largest absolute Gasteiger partial charge is 0.338 e. The van der Waals surface area contributed by atoms with Gasteiger partial charge in [-0.25, -0.2) is 4.79 Å². The molecule has 0 bridgehead atoms. The molecule has 1 aromatic heterocycles. The summed E-state index contributed by atoms with van der Waals surface area (Å²) in [7, 11) is 0. The van der Waals surface area contributed by atoms with Crippen LogP contribution in [0.25, 0.3) is 10.9 Å². The quantitative estimate of drug-likeness (QED) is 0.802. The third-order valence-electron chi connectivity index (χ3n) is 3.97. The van der Waals surface area contributed by atoms with Crippen LogP contribution < -0.4 is 10.6 Å². The van der Waals surface area contributed by atoms with Gasteiger partial charge >= 0.3 is 6.03 Å². The van der Waals surface area contributed by atoms with E-state index in [0.717, 1.165) is 23.1 Å². The Morgan fingerprint density at radius 2 is 2.15 bits per heavy atom. The van der Waals surface area contributed by atoms with Crippen molar-refractivity contribution < 1.29 is 4.79 Å². The number of H-pyrrole nitrogens is 1. The molecule has 1 fully saturated rings. The molecule has 1 saturated carbocycles. The standard InChI is InChI=1S/C15H20N4O/c20-15(16-9-11-4-2-1-3-5-11)18-13-6-7-14-12(8-13)10-17-19-14/h6-8,10-11H,1-5,9H2,(H,17,19)(H2,16,18,20). The Labute approximate surface area is 118 Å². The fourth-order valence-electron chi connectivity index (χ4n) is 2.82. The summed E-state index contributed by atoms with van der Waals surface area (Å²) in [5, 5.41) is 13.7. The van der Waals surface area contributed by atoms with E-state index in [0.29, 0.717) is 5.92 Å². The molecule has 3 N–H and O–H groups in total. The van der Waals surface area contributed by atoms with Gasteiger partial charge in [-0.05, 0) is 37.0 Å². The second-order valence-electron chi connectivity index (χ2n) is 5.51. The van der Waals surface area contributed by atoms with E-state index in [1.54, 1.807) is 6.20 Å². The number of amides is 2. The Hall–Kier alpha value is -2.04. The van der Waals surface area contributed by atoms with Crippen LogP contribution in [0.15, 0.2) is 24.4 Å². The first-order chi connectivity index (χ1) is 9.81. The highest BCUT2D eigenvalue weighted by atomic mass is 16.2. The summed E-state index contributed by atoms with van der Waals surface area (Å²) >= 11 is 0. The third-order valence-corrected chi connectivity index (χ3v) is 3.97. The summed E-state index contributed by atoms with van der Waals surface area (Å²) in [4.78, 5) is 11.9. The monoisotopic (exact) mass is 272 g/mol. The van der Waals surface area contributed by atoms with E-state index >= 15 is 0 Å². The Morgan fingerprint density at radius 3 is 3.00 bits per heavy atom. The lowest BCUT2D eigenvalue weighted by Gasteiger charge is -2.21. The van der Waals surface area contributed by atoms with Crippen molar-refractivity contribution in [3.63, 3.8) is 0 Å². The smallest absolute Gasteiger partial charge is 0.319 e. The maximum Gasteiger partial charge on any atom is 0.319 e. The van der Waals surface area contributed by atoms with Crippen LogP contribution in [-0.4, -0.2) is 22.8 Å². The molecule has 2 amide bonds. The van der Waals surface area contributed by atoms with Gasteiger partial charge in [0.2, 0.25) is 0 Å². The van der Waals surface area contributed by atoms with Crippen LogP contribution in [-0.2, 0) is 0 Å². The SMILES string of the molecule is O=C(NCC1CCCCC1)Nc1ccc2[nH]ncc2c1. The zero-order valence-electron chi connectivity index (χ0n) is 11.5. The molecule has 106 valence electrons. The number of nitrogens with one attached hydrogen (secondary N) is 3. The van der Waals surface area contributed by atoms with Gasteiger partial charge in [-0.15, -0.1) is 0 Å². The first kappa shape index (κ1) is 13.0. The highest BCUT2D eigenvalue weighted by Gasteiger charge is 2.14. The van der Waals surface area contributed by atoms with Crippen LogP contribution >= 0.6 is 0 Å². The Bertz CT molecular complexity index is 586. The molecule has 2 aromatic rings. The van der Waals surface area contributed by atoms with E-state index < -0.39 is 0 Å². The van der Waals surface area contributed by atoms with E-state index in [9.17, 15) is 4.79 Å². The maximum absolute atomic E-state index is 11.9. The molecule has 20 heavy (non-hydrogen) atoms. The Kier molecular flexibility index (Phi) is 3.85. The summed E-state index contributed by atoms with van der Waals surface area (Å²) in [6, 6.07) is 5.58. The number of benzene rings is 1. The number of carbonyl (C=O) groups excluding carboxylic acids is 1. The van der Waals surface area contributed by atoms with Gasteiger partial charge in [0, 0.05) is 17.6 Å². The molecule has 3 rings (SSSR count). The fraction of sp³-hybridized carbons (Fsp3) is 0.467. The topological polar surface area (TPSA) is 69.8 Å². The van der Waals surface area contributed by atoms with Gasteiger partial charge in [0.05, 0.1) is 11.7 Å². The molecule has 0 unspecified atom stereocenters.